The first-order chi connectivity index (χ1) is 17.8. The first kappa shape index (κ1) is 26.1. The third-order valence-corrected chi connectivity index (χ3v) is 6.60. The molecule has 0 unspecified atom stereocenters. The van der Waals surface area contributed by atoms with E-state index in [1.165, 1.54) is 11.1 Å². The summed E-state index contributed by atoms with van der Waals surface area (Å²) in [5.41, 5.74) is 13.4. The van der Waals surface area contributed by atoms with E-state index in [0.29, 0.717) is 5.82 Å². The summed E-state index contributed by atoms with van der Waals surface area (Å²) in [6.45, 7) is 7.96. The molecule has 0 radical (unpaired) electrons. The zero-order valence-electron chi connectivity index (χ0n) is 21.8. The fraction of sp³-hybridized carbons (Fsp3) is 0.333. The van der Waals surface area contributed by atoms with E-state index in [9.17, 15) is 9.59 Å². The lowest BCUT2D eigenvalue weighted by atomic mass is 9.93. The maximum atomic E-state index is 12.4. The number of carbonyl (C=O) groups excluding carboxylic acids is 2. The van der Waals surface area contributed by atoms with Gasteiger partial charge in [0.15, 0.2) is 11.7 Å². The molecule has 37 heavy (non-hydrogen) atoms. The van der Waals surface area contributed by atoms with Gasteiger partial charge in [0.05, 0.1) is 18.7 Å². The molecule has 0 saturated heterocycles. The molecule has 0 aliphatic heterocycles. The van der Waals surface area contributed by atoms with Gasteiger partial charge in [-0.15, -0.1) is 0 Å². The smallest absolute Gasteiger partial charge is 0.320 e. The molecule has 0 spiro atoms. The van der Waals surface area contributed by atoms with Crippen molar-refractivity contribution in [3.63, 3.8) is 0 Å². The number of hydrogen-bond acceptors (Lipinski definition) is 7. The minimum Gasteiger partial charge on any atom is -0.465 e. The Balaban J connectivity index is 1.58. The number of nitrogens with two attached hydrogens (primary N) is 1. The van der Waals surface area contributed by atoms with Gasteiger partial charge in [0.1, 0.15) is 5.52 Å². The van der Waals surface area contributed by atoms with Gasteiger partial charge in [-0.2, -0.15) is 0 Å². The number of aryl methyl sites for hydroxylation is 4. The summed E-state index contributed by atoms with van der Waals surface area (Å²) < 4.78 is 10.2. The number of hydrogen-bond donors (Lipinski definition) is 1. The second-order valence-corrected chi connectivity index (χ2v) is 9.23. The Bertz CT molecular complexity index is 1450. The number of pyridine rings is 2. The van der Waals surface area contributed by atoms with Gasteiger partial charge in [0.25, 0.3) is 0 Å². The Hall–Kier alpha value is -4.00. The van der Waals surface area contributed by atoms with E-state index in [0.717, 1.165) is 51.3 Å². The van der Waals surface area contributed by atoms with Crippen LogP contribution >= 0.6 is 0 Å². The maximum absolute atomic E-state index is 12.4. The van der Waals surface area contributed by atoms with Crippen molar-refractivity contribution in [2.45, 2.75) is 47.0 Å². The Morgan fingerprint density at radius 1 is 0.919 bits per heavy atom. The normalized spacial score (nSPS) is 11.3. The molecule has 0 bridgehead atoms. The SMILES string of the molecule is CCOC(=O)C(Cc1ccc(CCc2ccnc3c(N)nc4cc(C)ccc4c23)c(C)c1)C(=O)OCC. The van der Waals surface area contributed by atoms with Crippen molar-refractivity contribution in [1.82, 2.24) is 9.97 Å². The zero-order chi connectivity index (χ0) is 26.5. The average Bonchev–Trinajstić information content (AvgIpc) is 2.87. The fourth-order valence-electron chi connectivity index (χ4n) is 4.75. The number of ether oxygens (including phenoxy) is 2. The van der Waals surface area contributed by atoms with E-state index in [1.807, 2.05) is 38.1 Å². The Morgan fingerprint density at radius 2 is 1.62 bits per heavy atom. The lowest BCUT2D eigenvalue weighted by Gasteiger charge is -2.16. The minimum atomic E-state index is -0.968. The van der Waals surface area contributed by atoms with E-state index < -0.39 is 17.9 Å². The monoisotopic (exact) mass is 499 g/mol. The number of nitrogens with zero attached hydrogens (tertiary/aromatic N) is 2. The molecule has 7 heteroatoms. The largest absolute Gasteiger partial charge is 0.465 e. The molecular formula is C30H33N3O4. The van der Waals surface area contributed by atoms with Crippen LogP contribution in [0.4, 0.5) is 5.82 Å². The standard InChI is InChI=1S/C30H33N3O4/c1-5-36-29(34)24(30(35)37-6-2)17-20-8-9-21(19(4)16-20)10-11-22-13-14-32-27-26(22)23-12-7-18(3)15-25(23)33-28(27)31/h7-9,12-16,24H,5-6,10-11,17H2,1-4H3,(H2,31,33). The number of carbonyl (C=O) groups is 2. The van der Waals surface area contributed by atoms with E-state index in [2.05, 4.69) is 28.2 Å². The van der Waals surface area contributed by atoms with Crippen LogP contribution in [-0.2, 0) is 38.3 Å². The molecule has 4 aromatic rings. The summed E-state index contributed by atoms with van der Waals surface area (Å²) in [6, 6.07) is 14.3. The number of fused-ring (bicyclic) bond motifs is 3. The van der Waals surface area contributed by atoms with Gasteiger partial charge in [0.2, 0.25) is 0 Å². The number of rotatable bonds is 9. The summed E-state index contributed by atoms with van der Waals surface area (Å²) in [6.07, 6.45) is 3.65. The van der Waals surface area contributed by atoms with E-state index >= 15 is 0 Å². The van der Waals surface area contributed by atoms with Crippen molar-refractivity contribution in [2.75, 3.05) is 18.9 Å². The maximum Gasteiger partial charge on any atom is 0.320 e. The van der Waals surface area contributed by atoms with Crippen LogP contribution in [0.1, 0.15) is 41.7 Å². The second kappa shape index (κ2) is 11.4. The Morgan fingerprint density at radius 3 is 2.30 bits per heavy atom. The van der Waals surface area contributed by atoms with Crippen molar-refractivity contribution in [3.05, 3.63) is 76.5 Å². The van der Waals surface area contributed by atoms with Crippen LogP contribution in [0.2, 0.25) is 0 Å². The summed E-state index contributed by atoms with van der Waals surface area (Å²) in [7, 11) is 0. The lowest BCUT2D eigenvalue weighted by Crippen LogP contribution is -2.30. The predicted molar refractivity (Wildman–Crippen MR) is 145 cm³/mol. The van der Waals surface area contributed by atoms with E-state index in [-0.39, 0.29) is 19.6 Å². The number of aromatic nitrogens is 2. The van der Waals surface area contributed by atoms with Gasteiger partial charge in [-0.1, -0.05) is 30.3 Å². The minimum absolute atomic E-state index is 0.215. The first-order valence-corrected chi connectivity index (χ1v) is 12.7. The molecule has 0 aliphatic rings. The van der Waals surface area contributed by atoms with Crippen LogP contribution in [0, 0.1) is 19.8 Å². The molecular weight excluding hydrogens is 466 g/mol. The van der Waals surface area contributed by atoms with Crippen LogP contribution in [-0.4, -0.2) is 35.1 Å². The molecule has 0 atom stereocenters. The third-order valence-electron chi connectivity index (χ3n) is 6.60. The van der Waals surface area contributed by atoms with E-state index in [1.54, 1.807) is 20.0 Å². The van der Waals surface area contributed by atoms with Gasteiger partial charge in [-0.25, -0.2) is 4.98 Å². The highest BCUT2D eigenvalue weighted by Crippen LogP contribution is 2.30. The van der Waals surface area contributed by atoms with Gasteiger partial charge >= 0.3 is 11.9 Å². The van der Waals surface area contributed by atoms with Crippen molar-refractivity contribution in [2.24, 2.45) is 5.92 Å². The second-order valence-electron chi connectivity index (χ2n) is 9.23. The van der Waals surface area contributed by atoms with Crippen LogP contribution in [0.15, 0.2) is 48.7 Å². The summed E-state index contributed by atoms with van der Waals surface area (Å²) in [5.74, 6) is -1.63. The number of benzene rings is 2. The number of anilines is 1. The summed E-state index contributed by atoms with van der Waals surface area (Å²) in [5, 5.41) is 2.10. The van der Waals surface area contributed by atoms with Crippen LogP contribution < -0.4 is 5.73 Å². The molecule has 0 fully saturated rings. The highest BCUT2D eigenvalue weighted by atomic mass is 16.6. The van der Waals surface area contributed by atoms with Crippen LogP contribution in [0.5, 0.6) is 0 Å². The quantitative estimate of drug-likeness (QED) is 0.195. The highest BCUT2D eigenvalue weighted by Gasteiger charge is 2.29. The molecule has 0 saturated carbocycles. The van der Waals surface area contributed by atoms with Crippen molar-refractivity contribution in [3.8, 4) is 0 Å². The Labute approximate surface area is 217 Å². The zero-order valence-corrected chi connectivity index (χ0v) is 21.8. The number of nitrogen functional groups attached to an aromatic ring is 1. The summed E-state index contributed by atoms with van der Waals surface area (Å²) >= 11 is 0. The van der Waals surface area contributed by atoms with Gasteiger partial charge < -0.3 is 15.2 Å². The molecule has 2 heterocycles. The molecule has 7 nitrogen and oxygen atoms in total. The van der Waals surface area contributed by atoms with Crippen molar-refractivity contribution < 1.29 is 19.1 Å². The van der Waals surface area contributed by atoms with E-state index in [4.69, 9.17) is 15.2 Å². The molecule has 192 valence electrons. The fourth-order valence-corrected chi connectivity index (χ4v) is 4.75. The average molecular weight is 500 g/mol. The van der Waals surface area contributed by atoms with Crippen molar-refractivity contribution in [1.29, 1.82) is 0 Å². The topological polar surface area (TPSA) is 104 Å². The lowest BCUT2D eigenvalue weighted by molar-refractivity contribution is -0.161. The number of esters is 2. The molecule has 0 aliphatic carbocycles. The molecule has 0 amide bonds. The first-order valence-electron chi connectivity index (χ1n) is 12.7. The molecule has 2 aromatic carbocycles. The molecule has 4 rings (SSSR count). The highest BCUT2D eigenvalue weighted by molar-refractivity contribution is 6.09. The van der Waals surface area contributed by atoms with Crippen LogP contribution in [0.3, 0.4) is 0 Å². The molecule has 2 N–H and O–H groups in total. The van der Waals surface area contributed by atoms with Crippen molar-refractivity contribution >= 4 is 39.6 Å². The predicted octanol–water partition coefficient (Wildman–Crippen LogP) is 5.05. The van der Waals surface area contributed by atoms with Gasteiger partial charge in [-0.05, 0) is 86.9 Å². The van der Waals surface area contributed by atoms with Gasteiger partial charge in [0, 0.05) is 17.0 Å². The van der Waals surface area contributed by atoms with Crippen LogP contribution in [0.25, 0.3) is 21.8 Å². The molecule has 2 aromatic heterocycles. The summed E-state index contributed by atoms with van der Waals surface area (Å²) in [4.78, 5) is 33.8. The third kappa shape index (κ3) is 5.71. The Kier molecular flexibility index (Phi) is 8.01. The van der Waals surface area contributed by atoms with Gasteiger partial charge in [-0.3, -0.25) is 14.6 Å².